The molecule has 5 heteroatoms. The molecular formula is C15H18N2O3. The molecule has 0 spiro atoms. The molecule has 0 fully saturated rings. The van der Waals surface area contributed by atoms with Crippen LogP contribution in [0.15, 0.2) is 30.9 Å². The number of rotatable bonds is 6. The quantitative estimate of drug-likeness (QED) is 0.761. The molecule has 0 bridgehead atoms. The van der Waals surface area contributed by atoms with E-state index in [1.807, 2.05) is 12.1 Å². The summed E-state index contributed by atoms with van der Waals surface area (Å²) in [6.07, 6.45) is 1.44. The summed E-state index contributed by atoms with van der Waals surface area (Å²) in [5.41, 5.74) is 3.46. The molecule has 1 aliphatic rings. The fourth-order valence-electron chi connectivity index (χ4n) is 2.00. The standard InChI is InChI=1S/C15H18N2O3/c1-2-14(18)16-6-5-15(19)17-8-11-3-4-12-9-20-10-13(12)7-11/h2-4,7H,1,5-6,8-10H2,(H,16,18)(H,17,19). The van der Waals surface area contributed by atoms with Crippen molar-refractivity contribution in [1.29, 1.82) is 0 Å². The Morgan fingerprint density at radius 1 is 1.25 bits per heavy atom. The largest absolute Gasteiger partial charge is 0.372 e. The minimum absolute atomic E-state index is 0.0916. The van der Waals surface area contributed by atoms with Gasteiger partial charge in [-0.3, -0.25) is 9.59 Å². The average Bonchev–Trinajstić information content (AvgIpc) is 2.92. The van der Waals surface area contributed by atoms with Crippen molar-refractivity contribution < 1.29 is 14.3 Å². The van der Waals surface area contributed by atoms with E-state index in [2.05, 4.69) is 23.3 Å². The SMILES string of the molecule is C=CC(=O)NCCC(=O)NCc1ccc2c(c1)COC2. The molecule has 0 saturated carbocycles. The molecule has 1 aromatic rings. The molecule has 0 aliphatic carbocycles. The molecule has 0 saturated heterocycles. The highest BCUT2D eigenvalue weighted by molar-refractivity contribution is 5.87. The molecule has 0 radical (unpaired) electrons. The van der Waals surface area contributed by atoms with Gasteiger partial charge in [-0.1, -0.05) is 24.8 Å². The number of amides is 2. The van der Waals surface area contributed by atoms with E-state index >= 15 is 0 Å². The highest BCUT2D eigenvalue weighted by Gasteiger charge is 2.11. The van der Waals surface area contributed by atoms with Crippen molar-refractivity contribution in [2.75, 3.05) is 6.54 Å². The van der Waals surface area contributed by atoms with Crippen molar-refractivity contribution in [2.24, 2.45) is 0 Å². The van der Waals surface area contributed by atoms with Gasteiger partial charge in [0.05, 0.1) is 13.2 Å². The lowest BCUT2D eigenvalue weighted by atomic mass is 10.1. The van der Waals surface area contributed by atoms with Gasteiger partial charge in [0.2, 0.25) is 11.8 Å². The average molecular weight is 274 g/mol. The third-order valence-electron chi connectivity index (χ3n) is 3.11. The first-order valence-corrected chi connectivity index (χ1v) is 6.54. The van der Waals surface area contributed by atoms with E-state index in [0.29, 0.717) is 26.3 Å². The molecule has 2 amide bonds. The summed E-state index contributed by atoms with van der Waals surface area (Å²) in [6, 6.07) is 6.09. The van der Waals surface area contributed by atoms with Gasteiger partial charge in [0, 0.05) is 19.5 Å². The number of carbonyl (C=O) groups is 2. The lowest BCUT2D eigenvalue weighted by Gasteiger charge is -2.07. The van der Waals surface area contributed by atoms with Gasteiger partial charge >= 0.3 is 0 Å². The van der Waals surface area contributed by atoms with E-state index in [-0.39, 0.29) is 18.2 Å². The van der Waals surface area contributed by atoms with Crippen LogP contribution < -0.4 is 10.6 Å². The van der Waals surface area contributed by atoms with Crippen LogP contribution in [0.2, 0.25) is 0 Å². The van der Waals surface area contributed by atoms with Crippen LogP contribution in [0, 0.1) is 0 Å². The molecule has 0 unspecified atom stereocenters. The van der Waals surface area contributed by atoms with Gasteiger partial charge in [-0.05, 0) is 22.8 Å². The molecule has 1 aromatic carbocycles. The Morgan fingerprint density at radius 2 is 2.05 bits per heavy atom. The smallest absolute Gasteiger partial charge is 0.243 e. The summed E-state index contributed by atoms with van der Waals surface area (Å²) in [5, 5.41) is 5.39. The van der Waals surface area contributed by atoms with E-state index in [1.54, 1.807) is 0 Å². The van der Waals surface area contributed by atoms with E-state index in [9.17, 15) is 9.59 Å². The van der Waals surface area contributed by atoms with E-state index in [0.717, 1.165) is 5.56 Å². The van der Waals surface area contributed by atoms with Gasteiger partial charge in [0.1, 0.15) is 0 Å². The summed E-state index contributed by atoms with van der Waals surface area (Å²) < 4.78 is 5.35. The Balaban J connectivity index is 1.73. The normalized spacial score (nSPS) is 12.6. The van der Waals surface area contributed by atoms with Crippen LogP contribution in [0.5, 0.6) is 0 Å². The number of carbonyl (C=O) groups excluding carboxylic acids is 2. The zero-order chi connectivity index (χ0) is 14.4. The number of nitrogens with one attached hydrogen (secondary N) is 2. The molecule has 1 heterocycles. The van der Waals surface area contributed by atoms with Crippen molar-refractivity contribution in [3.05, 3.63) is 47.5 Å². The Bertz CT molecular complexity index is 526. The summed E-state index contributed by atoms with van der Waals surface area (Å²) in [6.45, 7) is 5.46. The predicted molar refractivity (Wildman–Crippen MR) is 74.6 cm³/mol. The van der Waals surface area contributed by atoms with Crippen LogP contribution in [0.25, 0.3) is 0 Å². The third kappa shape index (κ3) is 3.93. The number of hydrogen-bond donors (Lipinski definition) is 2. The summed E-state index contributed by atoms with van der Waals surface area (Å²) in [4.78, 5) is 22.5. The number of benzene rings is 1. The van der Waals surface area contributed by atoms with Gasteiger partial charge in [0.15, 0.2) is 0 Å². The zero-order valence-electron chi connectivity index (χ0n) is 11.3. The van der Waals surface area contributed by atoms with Crippen molar-refractivity contribution >= 4 is 11.8 Å². The number of ether oxygens (including phenoxy) is 1. The number of fused-ring (bicyclic) bond motifs is 1. The minimum atomic E-state index is -0.267. The van der Waals surface area contributed by atoms with Crippen LogP contribution in [0.4, 0.5) is 0 Å². The Hall–Kier alpha value is -2.14. The van der Waals surface area contributed by atoms with Gasteiger partial charge in [-0.25, -0.2) is 0 Å². The Labute approximate surface area is 118 Å². The van der Waals surface area contributed by atoms with Crippen molar-refractivity contribution in [2.45, 2.75) is 26.2 Å². The molecule has 106 valence electrons. The van der Waals surface area contributed by atoms with E-state index < -0.39 is 0 Å². The van der Waals surface area contributed by atoms with Gasteiger partial charge in [0.25, 0.3) is 0 Å². The Kier molecular flexibility index (Phi) is 4.90. The maximum atomic E-state index is 11.6. The zero-order valence-corrected chi connectivity index (χ0v) is 11.3. The van der Waals surface area contributed by atoms with Gasteiger partial charge in [-0.15, -0.1) is 0 Å². The van der Waals surface area contributed by atoms with Crippen molar-refractivity contribution in [3.8, 4) is 0 Å². The maximum absolute atomic E-state index is 11.6. The van der Waals surface area contributed by atoms with E-state index in [4.69, 9.17) is 4.74 Å². The predicted octanol–water partition coefficient (Wildman–Crippen LogP) is 1.03. The lowest BCUT2D eigenvalue weighted by molar-refractivity contribution is -0.121. The summed E-state index contributed by atoms with van der Waals surface area (Å²) in [7, 11) is 0. The van der Waals surface area contributed by atoms with Crippen LogP contribution in [0.1, 0.15) is 23.1 Å². The van der Waals surface area contributed by atoms with E-state index in [1.165, 1.54) is 17.2 Å². The van der Waals surface area contributed by atoms with Gasteiger partial charge in [-0.2, -0.15) is 0 Å². The topological polar surface area (TPSA) is 67.4 Å². The van der Waals surface area contributed by atoms with Crippen molar-refractivity contribution in [3.63, 3.8) is 0 Å². The van der Waals surface area contributed by atoms with Crippen molar-refractivity contribution in [1.82, 2.24) is 10.6 Å². The second kappa shape index (κ2) is 6.86. The first-order valence-electron chi connectivity index (χ1n) is 6.54. The fraction of sp³-hybridized carbons (Fsp3) is 0.333. The highest BCUT2D eigenvalue weighted by Crippen LogP contribution is 2.20. The van der Waals surface area contributed by atoms with Gasteiger partial charge < -0.3 is 15.4 Å². The minimum Gasteiger partial charge on any atom is -0.372 e. The maximum Gasteiger partial charge on any atom is 0.243 e. The van der Waals surface area contributed by atoms with Crippen LogP contribution in [0.3, 0.4) is 0 Å². The first-order chi connectivity index (χ1) is 9.69. The summed E-state index contributed by atoms with van der Waals surface area (Å²) in [5.74, 6) is -0.359. The molecule has 2 N–H and O–H groups in total. The molecule has 0 atom stereocenters. The fourth-order valence-corrected chi connectivity index (χ4v) is 2.00. The molecule has 1 aliphatic heterocycles. The molecule has 20 heavy (non-hydrogen) atoms. The van der Waals surface area contributed by atoms with Crippen LogP contribution >= 0.6 is 0 Å². The summed E-state index contributed by atoms with van der Waals surface area (Å²) >= 11 is 0. The molecule has 0 aromatic heterocycles. The number of hydrogen-bond acceptors (Lipinski definition) is 3. The van der Waals surface area contributed by atoms with Crippen LogP contribution in [-0.4, -0.2) is 18.4 Å². The lowest BCUT2D eigenvalue weighted by Crippen LogP contribution is -2.29. The second-order valence-electron chi connectivity index (χ2n) is 4.62. The van der Waals surface area contributed by atoms with Crippen LogP contribution in [-0.2, 0) is 34.1 Å². The molecular weight excluding hydrogens is 256 g/mol. The Morgan fingerprint density at radius 3 is 2.85 bits per heavy atom. The highest BCUT2D eigenvalue weighted by atomic mass is 16.5. The second-order valence-corrected chi connectivity index (χ2v) is 4.62. The molecule has 2 rings (SSSR count). The molecule has 5 nitrogen and oxygen atoms in total. The monoisotopic (exact) mass is 274 g/mol. The third-order valence-corrected chi connectivity index (χ3v) is 3.11. The first kappa shape index (κ1) is 14.3.